The van der Waals surface area contributed by atoms with Crippen LogP contribution in [0.15, 0.2) is 171 Å². The SMILES string of the molecule is O=C(Nc1c(C(=O)OCCc2cccn3c(NC(=O)Nc4c(-c5ccccc5)nc5ccccn45)c(-n4cccn4)nc23)nc2ccccn12)Nc1c(-c2ccccc2)nc2ccccn12. The molecule has 9 aromatic heterocycles. The van der Waals surface area contributed by atoms with Crippen LogP contribution in [-0.2, 0) is 11.2 Å². The zero-order valence-corrected chi connectivity index (χ0v) is 34.7. The molecule has 0 atom stereocenters. The summed E-state index contributed by atoms with van der Waals surface area (Å²) in [7, 11) is 0. The summed E-state index contributed by atoms with van der Waals surface area (Å²) in [5.41, 5.74) is 5.70. The normalized spacial score (nSPS) is 11.3. The minimum absolute atomic E-state index is 0.0655. The average Bonchev–Trinajstić information content (AvgIpc) is 4.21. The van der Waals surface area contributed by atoms with Gasteiger partial charge >= 0.3 is 18.0 Å². The summed E-state index contributed by atoms with van der Waals surface area (Å²) < 4.78 is 14.3. The van der Waals surface area contributed by atoms with Gasteiger partial charge in [0.2, 0.25) is 0 Å². The Bertz CT molecular complexity index is 3590. The Balaban J connectivity index is 0.839. The van der Waals surface area contributed by atoms with E-state index in [4.69, 9.17) is 19.7 Å². The maximum absolute atomic E-state index is 14.0. The van der Waals surface area contributed by atoms with Gasteiger partial charge in [-0.05, 0) is 54.1 Å². The summed E-state index contributed by atoms with van der Waals surface area (Å²) in [6.45, 7) is -0.0655. The third-order valence-electron chi connectivity index (χ3n) is 10.8. The molecule has 0 saturated heterocycles. The molecule has 4 N–H and O–H groups in total. The molecule has 0 bridgehead atoms. The van der Waals surface area contributed by atoms with Crippen LogP contribution in [0.3, 0.4) is 0 Å². The highest BCUT2D eigenvalue weighted by molar-refractivity contribution is 6.05. The monoisotopic (exact) mass is 872 g/mol. The van der Waals surface area contributed by atoms with Gasteiger partial charge in [-0.2, -0.15) is 5.10 Å². The smallest absolute Gasteiger partial charge is 0.360 e. The van der Waals surface area contributed by atoms with Crippen molar-refractivity contribution in [2.24, 2.45) is 0 Å². The lowest BCUT2D eigenvalue weighted by Crippen LogP contribution is -2.23. The summed E-state index contributed by atoms with van der Waals surface area (Å²) >= 11 is 0. The predicted molar refractivity (Wildman–Crippen MR) is 248 cm³/mol. The number of urea groups is 2. The van der Waals surface area contributed by atoms with Crippen molar-refractivity contribution < 1.29 is 19.1 Å². The van der Waals surface area contributed by atoms with E-state index in [0.29, 0.717) is 57.2 Å². The highest BCUT2D eigenvalue weighted by Gasteiger charge is 2.25. The highest BCUT2D eigenvalue weighted by Crippen LogP contribution is 2.31. The molecule has 0 fully saturated rings. The van der Waals surface area contributed by atoms with Gasteiger partial charge in [-0.15, -0.1) is 0 Å². The van der Waals surface area contributed by atoms with E-state index < -0.39 is 18.0 Å². The van der Waals surface area contributed by atoms with Gasteiger partial charge < -0.3 is 4.74 Å². The summed E-state index contributed by atoms with van der Waals surface area (Å²) in [6, 6.07) is 39.9. The van der Waals surface area contributed by atoms with E-state index in [-0.39, 0.29) is 24.5 Å². The molecule has 18 nitrogen and oxygen atoms in total. The molecule has 0 aliphatic carbocycles. The first-order chi connectivity index (χ1) is 32.5. The van der Waals surface area contributed by atoms with Crippen LogP contribution in [0.1, 0.15) is 16.1 Å². The van der Waals surface area contributed by atoms with Gasteiger partial charge in [-0.1, -0.05) is 84.9 Å². The molecule has 11 rings (SSSR count). The van der Waals surface area contributed by atoms with Crippen LogP contribution in [-0.4, -0.2) is 72.0 Å². The maximum atomic E-state index is 14.0. The molecule has 18 heteroatoms. The van der Waals surface area contributed by atoms with Crippen LogP contribution in [0, 0.1) is 0 Å². The molecule has 322 valence electrons. The molecule has 4 amide bonds. The molecule has 0 aliphatic heterocycles. The Labute approximate surface area is 373 Å². The number of anilines is 4. The second-order valence-electron chi connectivity index (χ2n) is 15.0. The summed E-state index contributed by atoms with van der Waals surface area (Å²) in [5, 5.41) is 16.2. The number of esters is 1. The summed E-state index contributed by atoms with van der Waals surface area (Å²) in [6.07, 6.45) is 10.7. The Kier molecular flexibility index (Phi) is 9.88. The molecule has 66 heavy (non-hydrogen) atoms. The third kappa shape index (κ3) is 7.24. The molecule has 11 aromatic rings. The molecule has 0 spiro atoms. The van der Waals surface area contributed by atoms with Crippen molar-refractivity contribution in [2.75, 3.05) is 27.9 Å². The Morgan fingerprint density at radius 1 is 0.485 bits per heavy atom. The van der Waals surface area contributed by atoms with Gasteiger partial charge in [0.1, 0.15) is 45.6 Å². The average molecular weight is 873 g/mol. The zero-order valence-electron chi connectivity index (χ0n) is 34.7. The second-order valence-corrected chi connectivity index (χ2v) is 15.0. The van der Waals surface area contributed by atoms with Crippen LogP contribution in [0.5, 0.6) is 0 Å². The first kappa shape index (κ1) is 39.3. The number of hydrogen-bond acceptors (Lipinski definition) is 9. The number of pyridine rings is 4. The minimum Gasteiger partial charge on any atom is -0.461 e. The number of imidazole rings is 4. The number of rotatable bonds is 11. The van der Waals surface area contributed by atoms with E-state index in [9.17, 15) is 14.4 Å². The lowest BCUT2D eigenvalue weighted by Gasteiger charge is -2.11. The molecule has 0 unspecified atom stereocenters. The van der Waals surface area contributed by atoms with E-state index >= 15 is 0 Å². The van der Waals surface area contributed by atoms with Crippen LogP contribution in [0.25, 0.3) is 50.9 Å². The quantitative estimate of drug-likeness (QED) is 0.0922. The van der Waals surface area contributed by atoms with Crippen LogP contribution in [0.4, 0.5) is 32.9 Å². The van der Waals surface area contributed by atoms with Gasteiger partial charge in [-0.3, -0.25) is 38.9 Å². The molecular formula is C48H36N14O4. The minimum atomic E-state index is -0.748. The van der Waals surface area contributed by atoms with Crippen molar-refractivity contribution in [2.45, 2.75) is 6.42 Å². The Morgan fingerprint density at radius 3 is 1.58 bits per heavy atom. The van der Waals surface area contributed by atoms with Gasteiger partial charge in [0, 0.05) is 54.7 Å². The fourth-order valence-corrected chi connectivity index (χ4v) is 7.87. The lowest BCUT2D eigenvalue weighted by molar-refractivity contribution is 0.0504. The largest absolute Gasteiger partial charge is 0.461 e. The van der Waals surface area contributed by atoms with E-state index in [2.05, 4.69) is 31.3 Å². The fourth-order valence-electron chi connectivity index (χ4n) is 7.87. The number of hydrogen-bond donors (Lipinski definition) is 4. The standard InChI is InChI=1S/C48H36N14O4/c63-46(39-43(60-27-12-9-22-36(60)52-39)56-47(64)54-41-37(31-15-3-1-4-16-31)50-34-20-7-10-25-58(34)41)66-30-23-33-19-13-28-61-40(33)53-45(62-29-14-24-49-62)44(61)57-48(65)55-42-38(32-17-5-2-6-18-32)51-35-21-8-11-26-59(35)42/h1-22,24-29H,23,30H2,(H2,54,56,64)(H2,55,57,65). The number of aromatic nitrogens is 10. The first-order valence-electron chi connectivity index (χ1n) is 20.8. The predicted octanol–water partition coefficient (Wildman–Crippen LogP) is 8.48. The van der Waals surface area contributed by atoms with Gasteiger partial charge in [0.05, 0.1) is 6.61 Å². The zero-order chi connectivity index (χ0) is 44.6. The number of carbonyl (C=O) groups excluding carboxylic acids is 3. The summed E-state index contributed by atoms with van der Waals surface area (Å²) in [5.74, 6) is 1.01. The molecule has 0 radical (unpaired) electrons. The number of amides is 4. The van der Waals surface area contributed by atoms with Crippen LogP contribution >= 0.6 is 0 Å². The van der Waals surface area contributed by atoms with Crippen molar-refractivity contribution in [3.8, 4) is 28.3 Å². The molecule has 2 aromatic carbocycles. The van der Waals surface area contributed by atoms with E-state index in [1.54, 1.807) is 66.9 Å². The summed E-state index contributed by atoms with van der Waals surface area (Å²) in [4.78, 5) is 60.7. The number of ether oxygens (including phenoxy) is 1. The van der Waals surface area contributed by atoms with E-state index in [0.717, 1.165) is 16.7 Å². The Hall–Kier alpha value is -9.58. The van der Waals surface area contributed by atoms with Crippen LogP contribution < -0.4 is 21.3 Å². The lowest BCUT2D eigenvalue weighted by atomic mass is 10.1. The van der Waals surface area contributed by atoms with E-state index in [1.807, 2.05) is 126 Å². The third-order valence-corrected chi connectivity index (χ3v) is 10.8. The first-order valence-corrected chi connectivity index (χ1v) is 20.8. The number of carbonyl (C=O) groups is 3. The van der Waals surface area contributed by atoms with Gasteiger partial charge in [0.25, 0.3) is 0 Å². The van der Waals surface area contributed by atoms with E-state index in [1.165, 1.54) is 0 Å². The van der Waals surface area contributed by atoms with Crippen LogP contribution in [0.2, 0.25) is 0 Å². The van der Waals surface area contributed by atoms with Crippen molar-refractivity contribution in [1.82, 2.24) is 47.3 Å². The van der Waals surface area contributed by atoms with Gasteiger partial charge in [-0.25, -0.2) is 39.0 Å². The molecular weight excluding hydrogens is 837 g/mol. The number of fused-ring (bicyclic) bond motifs is 4. The number of nitrogens with zero attached hydrogens (tertiary/aromatic N) is 10. The number of nitrogens with one attached hydrogen (secondary N) is 4. The molecule has 9 heterocycles. The Morgan fingerprint density at radius 2 is 1.00 bits per heavy atom. The number of benzene rings is 2. The fraction of sp³-hybridized carbons (Fsp3) is 0.0417. The molecule has 0 saturated carbocycles. The van der Waals surface area contributed by atoms with Crippen molar-refractivity contribution in [3.63, 3.8) is 0 Å². The van der Waals surface area contributed by atoms with Crippen molar-refractivity contribution in [1.29, 1.82) is 0 Å². The second kappa shape index (κ2) is 16.6. The maximum Gasteiger partial charge on any atom is 0.360 e. The van der Waals surface area contributed by atoms with Crippen molar-refractivity contribution >= 4 is 63.9 Å². The van der Waals surface area contributed by atoms with Gasteiger partial charge in [0.15, 0.2) is 23.1 Å². The molecule has 0 aliphatic rings. The topological polar surface area (TPSA) is 196 Å². The van der Waals surface area contributed by atoms with Crippen molar-refractivity contribution in [3.05, 3.63) is 182 Å². The highest BCUT2D eigenvalue weighted by atomic mass is 16.5.